The maximum atomic E-state index is 5.81. The zero-order chi connectivity index (χ0) is 20.2. The van der Waals surface area contributed by atoms with E-state index in [9.17, 15) is 0 Å². The van der Waals surface area contributed by atoms with Crippen LogP contribution in [0.1, 0.15) is 11.5 Å². The summed E-state index contributed by atoms with van der Waals surface area (Å²) >= 11 is 1.50. The molecule has 148 valence electrons. The highest BCUT2D eigenvalue weighted by atomic mass is 32.2. The number of hydrogen-bond donors (Lipinski definition) is 0. The molecule has 0 saturated heterocycles. The summed E-state index contributed by atoms with van der Waals surface area (Å²) in [5.41, 5.74) is 2.05. The summed E-state index contributed by atoms with van der Waals surface area (Å²) in [5, 5.41) is 17.8. The number of benzene rings is 2. The minimum absolute atomic E-state index is 0.491. The third-order valence-electron chi connectivity index (χ3n) is 4.45. The van der Waals surface area contributed by atoms with Gasteiger partial charge in [0.25, 0.3) is 0 Å². The lowest BCUT2D eigenvalue weighted by Crippen LogP contribution is -2.04. The Morgan fingerprint density at radius 1 is 0.800 bits per heavy atom. The molecule has 0 unspecified atom stereocenters. The van der Waals surface area contributed by atoms with Crippen LogP contribution in [0.4, 0.5) is 0 Å². The van der Waals surface area contributed by atoms with Crippen molar-refractivity contribution in [2.24, 2.45) is 0 Å². The van der Waals surface area contributed by atoms with Crippen molar-refractivity contribution in [1.29, 1.82) is 0 Å². The zero-order valence-corrected chi connectivity index (χ0v) is 16.7. The fraction of sp³-hybridized carbons (Fsp3) is 0.0909. The summed E-state index contributed by atoms with van der Waals surface area (Å²) < 4.78 is 13.4. The number of rotatable bonds is 7. The van der Waals surface area contributed by atoms with Crippen LogP contribution in [0.25, 0.3) is 23.0 Å². The van der Waals surface area contributed by atoms with Gasteiger partial charge >= 0.3 is 0 Å². The maximum absolute atomic E-state index is 5.81. The topological polar surface area (TPSA) is 82.8 Å². The van der Waals surface area contributed by atoms with Crippen LogP contribution in [0, 0.1) is 0 Å². The van der Waals surface area contributed by atoms with Gasteiger partial charge in [0.05, 0.1) is 18.6 Å². The van der Waals surface area contributed by atoms with Crippen LogP contribution in [-0.2, 0) is 12.3 Å². The van der Waals surface area contributed by atoms with Crippen molar-refractivity contribution in [3.05, 3.63) is 90.5 Å². The van der Waals surface area contributed by atoms with E-state index in [2.05, 4.69) is 32.5 Å². The lowest BCUT2D eigenvalue weighted by Gasteiger charge is -2.08. The molecule has 0 N–H and O–H groups in total. The molecular weight excluding hydrogens is 398 g/mol. The van der Waals surface area contributed by atoms with E-state index >= 15 is 0 Å². The van der Waals surface area contributed by atoms with Crippen LogP contribution in [0.15, 0.2) is 93.1 Å². The summed E-state index contributed by atoms with van der Waals surface area (Å²) in [6, 6.07) is 23.6. The first-order chi connectivity index (χ1) is 14.9. The largest absolute Gasteiger partial charge is 0.461 e. The van der Waals surface area contributed by atoms with Gasteiger partial charge in [0, 0.05) is 5.56 Å². The first-order valence-corrected chi connectivity index (χ1v) is 10.4. The first kappa shape index (κ1) is 18.4. The Balaban J connectivity index is 1.39. The molecule has 5 aromatic rings. The normalized spacial score (nSPS) is 11.1. The Morgan fingerprint density at radius 2 is 1.60 bits per heavy atom. The Morgan fingerprint density at radius 3 is 2.37 bits per heavy atom. The van der Waals surface area contributed by atoms with Gasteiger partial charge in [0.2, 0.25) is 17.6 Å². The van der Waals surface area contributed by atoms with E-state index in [4.69, 9.17) is 8.83 Å². The number of furan rings is 1. The summed E-state index contributed by atoms with van der Waals surface area (Å²) in [4.78, 5) is 0. The molecule has 0 radical (unpaired) electrons. The van der Waals surface area contributed by atoms with Gasteiger partial charge in [-0.25, -0.2) is 0 Å². The minimum atomic E-state index is 0.491. The van der Waals surface area contributed by atoms with Crippen LogP contribution in [0.3, 0.4) is 0 Å². The van der Waals surface area contributed by atoms with Crippen molar-refractivity contribution in [1.82, 2.24) is 25.0 Å². The fourth-order valence-electron chi connectivity index (χ4n) is 3.03. The molecule has 0 aliphatic heterocycles. The quantitative estimate of drug-likeness (QED) is 0.349. The molecule has 0 aliphatic carbocycles. The van der Waals surface area contributed by atoms with Crippen molar-refractivity contribution in [2.45, 2.75) is 17.5 Å². The molecule has 0 bridgehead atoms. The molecule has 7 nitrogen and oxygen atoms in total. The number of thioether (sulfide) groups is 1. The molecule has 2 aromatic carbocycles. The summed E-state index contributed by atoms with van der Waals surface area (Å²) in [6.07, 6.45) is 1.63. The van der Waals surface area contributed by atoms with Crippen molar-refractivity contribution in [3.63, 3.8) is 0 Å². The van der Waals surface area contributed by atoms with Gasteiger partial charge in [-0.3, -0.25) is 4.57 Å². The lowest BCUT2D eigenvalue weighted by atomic mass is 10.2. The second kappa shape index (κ2) is 8.38. The smallest absolute Gasteiger partial charge is 0.247 e. The predicted octanol–water partition coefficient (Wildman–Crippen LogP) is 4.93. The van der Waals surface area contributed by atoms with Gasteiger partial charge in [0.1, 0.15) is 0 Å². The van der Waals surface area contributed by atoms with E-state index < -0.39 is 0 Å². The number of hydrogen-bond acceptors (Lipinski definition) is 7. The van der Waals surface area contributed by atoms with Gasteiger partial charge < -0.3 is 8.83 Å². The molecule has 0 atom stereocenters. The first-order valence-electron chi connectivity index (χ1n) is 9.38. The van der Waals surface area contributed by atoms with Crippen molar-refractivity contribution >= 4 is 11.8 Å². The molecule has 3 aromatic heterocycles. The third-order valence-corrected chi connectivity index (χ3v) is 5.41. The summed E-state index contributed by atoms with van der Waals surface area (Å²) in [5.74, 6) is 2.89. The van der Waals surface area contributed by atoms with E-state index in [1.54, 1.807) is 6.26 Å². The Kier molecular flexibility index (Phi) is 5.14. The minimum Gasteiger partial charge on any atom is -0.461 e. The van der Waals surface area contributed by atoms with Crippen LogP contribution >= 0.6 is 11.8 Å². The average Bonchev–Trinajstić information content (AvgIpc) is 3.55. The molecule has 0 saturated carbocycles. The number of aromatic nitrogens is 5. The van der Waals surface area contributed by atoms with Crippen LogP contribution in [0.2, 0.25) is 0 Å². The van der Waals surface area contributed by atoms with Gasteiger partial charge in [-0.1, -0.05) is 60.3 Å². The Bertz CT molecular complexity index is 1220. The Hall–Kier alpha value is -3.65. The number of nitrogens with zero attached hydrogens (tertiary/aromatic N) is 5. The molecular formula is C22H17N5O2S. The molecule has 0 aliphatic rings. The zero-order valence-electron chi connectivity index (χ0n) is 15.9. The van der Waals surface area contributed by atoms with Crippen LogP contribution in [0.5, 0.6) is 0 Å². The van der Waals surface area contributed by atoms with E-state index in [1.807, 2.05) is 65.2 Å². The molecule has 30 heavy (non-hydrogen) atoms. The van der Waals surface area contributed by atoms with Crippen LogP contribution < -0.4 is 0 Å². The van der Waals surface area contributed by atoms with E-state index in [-0.39, 0.29) is 0 Å². The molecule has 5 rings (SSSR count). The SMILES string of the molecule is c1ccc(Cn2c(SCc3nnc(-c4ccccc4)o3)nnc2-c2ccco2)cc1. The van der Waals surface area contributed by atoms with Gasteiger partial charge in [-0.2, -0.15) is 0 Å². The lowest BCUT2D eigenvalue weighted by molar-refractivity contribution is 0.528. The van der Waals surface area contributed by atoms with Crippen LogP contribution in [-0.4, -0.2) is 25.0 Å². The molecule has 0 fully saturated rings. The summed E-state index contributed by atoms with van der Waals surface area (Å²) in [6.45, 7) is 0.630. The third kappa shape index (κ3) is 3.90. The standard InChI is InChI=1S/C22H17N5O2S/c1-3-8-16(9-4-1)14-27-20(18-12-7-13-28-18)24-26-22(27)30-15-19-23-25-21(29-19)17-10-5-2-6-11-17/h1-13H,14-15H2. The van der Waals surface area contributed by atoms with Crippen molar-refractivity contribution in [2.75, 3.05) is 0 Å². The molecule has 0 spiro atoms. The molecule has 8 heteroatoms. The maximum Gasteiger partial charge on any atom is 0.247 e. The van der Waals surface area contributed by atoms with E-state index in [0.717, 1.165) is 16.3 Å². The van der Waals surface area contributed by atoms with Crippen molar-refractivity contribution in [3.8, 4) is 23.0 Å². The van der Waals surface area contributed by atoms with E-state index in [1.165, 1.54) is 11.8 Å². The predicted molar refractivity (Wildman–Crippen MR) is 113 cm³/mol. The second-order valence-electron chi connectivity index (χ2n) is 6.51. The Labute approximate surface area is 176 Å². The average molecular weight is 415 g/mol. The highest BCUT2D eigenvalue weighted by molar-refractivity contribution is 7.98. The summed E-state index contributed by atoms with van der Waals surface area (Å²) in [7, 11) is 0. The van der Waals surface area contributed by atoms with Gasteiger partial charge in [-0.05, 0) is 29.8 Å². The molecule has 3 heterocycles. The van der Waals surface area contributed by atoms with E-state index in [0.29, 0.717) is 35.7 Å². The van der Waals surface area contributed by atoms with Gasteiger partial charge in [-0.15, -0.1) is 20.4 Å². The van der Waals surface area contributed by atoms with Gasteiger partial charge in [0.15, 0.2) is 10.9 Å². The highest BCUT2D eigenvalue weighted by Crippen LogP contribution is 2.28. The monoisotopic (exact) mass is 415 g/mol. The fourth-order valence-corrected chi connectivity index (χ4v) is 3.80. The molecule has 0 amide bonds. The highest BCUT2D eigenvalue weighted by Gasteiger charge is 2.18. The second-order valence-corrected chi connectivity index (χ2v) is 7.45. The van der Waals surface area contributed by atoms with Crippen molar-refractivity contribution < 1.29 is 8.83 Å².